The quantitative estimate of drug-likeness (QED) is 0.548. The van der Waals surface area contributed by atoms with Gasteiger partial charge in [-0.3, -0.25) is 0 Å². The van der Waals surface area contributed by atoms with Crippen LogP contribution in [0.1, 0.15) is 47.0 Å². The van der Waals surface area contributed by atoms with Crippen molar-refractivity contribution >= 4 is 0 Å². The maximum atomic E-state index is 2.52. The molecule has 15 heavy (non-hydrogen) atoms. The summed E-state index contributed by atoms with van der Waals surface area (Å²) in [5, 5.41) is 0. The molecule has 2 aliphatic carbocycles. The maximum absolute atomic E-state index is 2.52. The van der Waals surface area contributed by atoms with Gasteiger partial charge in [-0.1, -0.05) is 30.2 Å². The van der Waals surface area contributed by atoms with E-state index < -0.39 is 0 Å². The molecule has 0 saturated heterocycles. The first-order valence-electron chi connectivity index (χ1n) is 6.41. The number of rotatable bonds is 1. The van der Waals surface area contributed by atoms with Gasteiger partial charge in [0.2, 0.25) is 0 Å². The second-order valence-corrected chi connectivity index (χ2v) is 5.84. The number of fused-ring (bicyclic) bond motifs is 1. The van der Waals surface area contributed by atoms with Crippen LogP contribution in [-0.2, 0) is 0 Å². The van der Waals surface area contributed by atoms with E-state index in [4.69, 9.17) is 0 Å². The van der Waals surface area contributed by atoms with E-state index in [9.17, 15) is 0 Å². The van der Waals surface area contributed by atoms with Crippen LogP contribution in [0.15, 0.2) is 23.3 Å². The Morgan fingerprint density at radius 1 is 1.33 bits per heavy atom. The number of hydrogen-bond acceptors (Lipinski definition) is 0. The topological polar surface area (TPSA) is 0 Å². The van der Waals surface area contributed by atoms with Crippen molar-refractivity contribution in [3.8, 4) is 0 Å². The zero-order valence-electron chi connectivity index (χ0n) is 10.6. The Hall–Kier alpha value is -0.520. The molecule has 2 rings (SSSR count). The monoisotopic (exact) mass is 204 g/mol. The van der Waals surface area contributed by atoms with Crippen molar-refractivity contribution in [1.82, 2.24) is 0 Å². The van der Waals surface area contributed by atoms with Crippen molar-refractivity contribution in [3.63, 3.8) is 0 Å². The summed E-state index contributed by atoms with van der Waals surface area (Å²) in [6.07, 6.45) is 9.18. The van der Waals surface area contributed by atoms with Gasteiger partial charge in [0.1, 0.15) is 0 Å². The molecule has 0 aromatic carbocycles. The minimum absolute atomic E-state index is 0.829. The van der Waals surface area contributed by atoms with Gasteiger partial charge in [0, 0.05) is 0 Å². The van der Waals surface area contributed by atoms with Gasteiger partial charge in [-0.05, 0) is 63.7 Å². The first kappa shape index (κ1) is 11.0. The summed E-state index contributed by atoms with van der Waals surface area (Å²) in [6.45, 7) is 9.26. The summed E-state index contributed by atoms with van der Waals surface area (Å²) in [5.74, 6) is 3.57. The molecule has 0 N–H and O–H groups in total. The Labute approximate surface area is 94.5 Å². The second kappa shape index (κ2) is 4.15. The second-order valence-electron chi connectivity index (χ2n) is 5.84. The Balaban J connectivity index is 2.20. The summed E-state index contributed by atoms with van der Waals surface area (Å²) in [4.78, 5) is 0. The summed E-state index contributed by atoms with van der Waals surface area (Å²) >= 11 is 0. The molecule has 0 bridgehead atoms. The first-order valence-corrected chi connectivity index (χ1v) is 6.41. The van der Waals surface area contributed by atoms with Crippen LogP contribution in [0, 0.1) is 23.7 Å². The molecule has 84 valence electrons. The van der Waals surface area contributed by atoms with Crippen LogP contribution in [0.5, 0.6) is 0 Å². The van der Waals surface area contributed by atoms with Crippen molar-refractivity contribution in [2.45, 2.75) is 47.0 Å². The molecule has 0 spiro atoms. The fourth-order valence-corrected chi connectivity index (χ4v) is 3.65. The van der Waals surface area contributed by atoms with Crippen LogP contribution in [0.25, 0.3) is 0 Å². The molecule has 0 aromatic heterocycles. The predicted octanol–water partition coefficient (Wildman–Crippen LogP) is 4.58. The zero-order chi connectivity index (χ0) is 11.0. The summed E-state index contributed by atoms with van der Waals surface area (Å²) in [6, 6.07) is 0. The van der Waals surface area contributed by atoms with E-state index in [0.717, 1.165) is 23.7 Å². The Kier molecular flexibility index (Phi) is 3.04. The fourth-order valence-electron chi connectivity index (χ4n) is 3.65. The highest BCUT2D eigenvalue weighted by molar-refractivity contribution is 5.19. The number of hydrogen-bond donors (Lipinski definition) is 0. The molecule has 0 amide bonds. The van der Waals surface area contributed by atoms with E-state index in [-0.39, 0.29) is 0 Å². The molecule has 0 aliphatic heterocycles. The molecule has 0 heterocycles. The summed E-state index contributed by atoms with van der Waals surface area (Å²) in [5.41, 5.74) is 3.15. The van der Waals surface area contributed by atoms with E-state index in [1.54, 1.807) is 5.57 Å². The van der Waals surface area contributed by atoms with E-state index in [2.05, 4.69) is 39.8 Å². The Morgan fingerprint density at radius 3 is 2.73 bits per heavy atom. The average molecular weight is 204 g/mol. The van der Waals surface area contributed by atoms with E-state index in [1.165, 1.54) is 24.8 Å². The van der Waals surface area contributed by atoms with Crippen LogP contribution in [0.2, 0.25) is 0 Å². The molecule has 1 fully saturated rings. The van der Waals surface area contributed by atoms with Gasteiger partial charge in [-0.25, -0.2) is 0 Å². The van der Waals surface area contributed by atoms with Crippen molar-refractivity contribution in [3.05, 3.63) is 23.3 Å². The van der Waals surface area contributed by atoms with Crippen LogP contribution >= 0.6 is 0 Å². The summed E-state index contributed by atoms with van der Waals surface area (Å²) < 4.78 is 0. The molecular formula is C15H24. The molecular weight excluding hydrogens is 180 g/mol. The van der Waals surface area contributed by atoms with Gasteiger partial charge in [0.05, 0.1) is 0 Å². The predicted molar refractivity (Wildman–Crippen MR) is 66.7 cm³/mol. The fraction of sp³-hybridized carbons (Fsp3) is 0.733. The van der Waals surface area contributed by atoms with Crippen molar-refractivity contribution in [2.75, 3.05) is 0 Å². The molecule has 2 aliphatic rings. The van der Waals surface area contributed by atoms with Gasteiger partial charge in [-0.2, -0.15) is 0 Å². The zero-order valence-corrected chi connectivity index (χ0v) is 10.6. The average Bonchev–Trinajstić information content (AvgIpc) is 2.54. The lowest BCUT2D eigenvalue weighted by Gasteiger charge is -2.38. The van der Waals surface area contributed by atoms with Crippen molar-refractivity contribution in [2.24, 2.45) is 23.7 Å². The highest BCUT2D eigenvalue weighted by Crippen LogP contribution is 2.48. The van der Waals surface area contributed by atoms with Crippen molar-refractivity contribution in [1.29, 1.82) is 0 Å². The standard InChI is InChI=1S/C15H24/c1-10(2)9-13-7-5-11(3)14-8-6-12(4)15(13)14/h6,9,11,13-15H,5,7-8H2,1-4H3/t11-,13+,14-,15?/m1/s1. The molecule has 0 aromatic rings. The smallest absolute Gasteiger partial charge is 0.0109 e. The van der Waals surface area contributed by atoms with Crippen LogP contribution < -0.4 is 0 Å². The minimum atomic E-state index is 0.829. The van der Waals surface area contributed by atoms with E-state index >= 15 is 0 Å². The van der Waals surface area contributed by atoms with Crippen LogP contribution in [-0.4, -0.2) is 0 Å². The third-order valence-corrected chi connectivity index (χ3v) is 4.39. The largest absolute Gasteiger partial charge is 0.0850 e. The van der Waals surface area contributed by atoms with Gasteiger partial charge in [0.15, 0.2) is 0 Å². The van der Waals surface area contributed by atoms with Gasteiger partial charge in [-0.15, -0.1) is 0 Å². The Bertz CT molecular complexity index is 291. The SMILES string of the molecule is CC(C)=C[C@@H]1CC[C@@H](C)[C@H]2CC=C(C)C12. The lowest BCUT2D eigenvalue weighted by Crippen LogP contribution is -2.30. The molecule has 4 atom stereocenters. The Morgan fingerprint density at radius 2 is 2.07 bits per heavy atom. The van der Waals surface area contributed by atoms with E-state index in [1.807, 2.05) is 0 Å². The maximum Gasteiger partial charge on any atom is -0.0109 e. The minimum Gasteiger partial charge on any atom is -0.0850 e. The molecule has 0 radical (unpaired) electrons. The van der Waals surface area contributed by atoms with E-state index in [0.29, 0.717) is 0 Å². The third kappa shape index (κ3) is 2.04. The third-order valence-electron chi connectivity index (χ3n) is 4.39. The molecule has 0 heteroatoms. The van der Waals surface area contributed by atoms with Crippen molar-refractivity contribution < 1.29 is 0 Å². The normalized spacial score (nSPS) is 39.6. The first-order chi connectivity index (χ1) is 7.09. The lowest BCUT2D eigenvalue weighted by molar-refractivity contribution is 0.166. The molecule has 1 saturated carbocycles. The van der Waals surface area contributed by atoms with Crippen LogP contribution in [0.3, 0.4) is 0 Å². The lowest BCUT2D eigenvalue weighted by atomic mass is 9.66. The molecule has 1 unspecified atom stereocenters. The molecule has 0 nitrogen and oxygen atoms in total. The summed E-state index contributed by atoms with van der Waals surface area (Å²) in [7, 11) is 0. The van der Waals surface area contributed by atoms with Gasteiger partial charge < -0.3 is 0 Å². The highest BCUT2D eigenvalue weighted by atomic mass is 14.4. The van der Waals surface area contributed by atoms with Gasteiger partial charge >= 0.3 is 0 Å². The van der Waals surface area contributed by atoms with Crippen LogP contribution in [0.4, 0.5) is 0 Å². The highest BCUT2D eigenvalue weighted by Gasteiger charge is 2.39. The number of allylic oxidation sites excluding steroid dienone is 4. The van der Waals surface area contributed by atoms with Gasteiger partial charge in [0.25, 0.3) is 0 Å².